The maximum absolute atomic E-state index is 13.1. The predicted molar refractivity (Wildman–Crippen MR) is 130 cm³/mol. The van der Waals surface area contributed by atoms with E-state index in [4.69, 9.17) is 4.74 Å². The second kappa shape index (κ2) is 11.4. The first-order chi connectivity index (χ1) is 17.7. The second-order valence-electron chi connectivity index (χ2n) is 8.36. The summed E-state index contributed by atoms with van der Waals surface area (Å²) in [5, 5.41) is 4.48. The van der Waals surface area contributed by atoms with Gasteiger partial charge in [0.05, 0.1) is 17.2 Å². The van der Waals surface area contributed by atoms with Crippen molar-refractivity contribution in [1.29, 1.82) is 0 Å². The Balaban J connectivity index is 1.94. The summed E-state index contributed by atoms with van der Waals surface area (Å²) in [6.45, 7) is 3.64. The molecule has 0 unspecified atom stereocenters. The lowest BCUT2D eigenvalue weighted by molar-refractivity contribution is -0.138. The van der Waals surface area contributed by atoms with Gasteiger partial charge in [-0.05, 0) is 74.0 Å². The number of nitrogens with one attached hydrogen (secondary N) is 2. The molecule has 0 aliphatic rings. The van der Waals surface area contributed by atoms with Gasteiger partial charge in [-0.2, -0.15) is 26.3 Å². The van der Waals surface area contributed by atoms with Crippen molar-refractivity contribution in [3.8, 4) is 5.75 Å². The summed E-state index contributed by atoms with van der Waals surface area (Å²) in [4.78, 5) is 26.0. The Hall–Kier alpha value is -4.28. The molecule has 38 heavy (non-hydrogen) atoms. The highest BCUT2D eigenvalue weighted by Gasteiger charge is 2.32. The van der Waals surface area contributed by atoms with Crippen LogP contribution in [0.15, 0.2) is 78.4 Å². The molecule has 0 bridgehead atoms. The van der Waals surface area contributed by atoms with Crippen LogP contribution in [0.3, 0.4) is 0 Å². The standard InChI is InChI=1S/C27H22F6N2O3/c1-16(2)38-22-11-9-17(10-12-22)13-23(24(36)34-20-7-3-5-18(14-20)26(28,29)30)25(37)35-21-8-4-6-19(15-21)27(31,32)33/h3-16H,1-2H3,(H,34,36)(H,35,37). The van der Waals surface area contributed by atoms with Crippen LogP contribution in [-0.2, 0) is 21.9 Å². The summed E-state index contributed by atoms with van der Waals surface area (Å²) in [5.74, 6) is -1.63. The van der Waals surface area contributed by atoms with E-state index in [9.17, 15) is 35.9 Å². The van der Waals surface area contributed by atoms with Gasteiger partial charge < -0.3 is 15.4 Å². The SMILES string of the molecule is CC(C)Oc1ccc(C=C(C(=O)Nc2cccc(C(F)(F)F)c2)C(=O)Nc2cccc(C(F)(F)F)c2)cc1. The normalized spacial score (nSPS) is 11.6. The topological polar surface area (TPSA) is 67.4 Å². The van der Waals surface area contributed by atoms with Gasteiger partial charge in [-0.1, -0.05) is 24.3 Å². The quantitative estimate of drug-likeness (QED) is 0.146. The molecule has 200 valence electrons. The van der Waals surface area contributed by atoms with Gasteiger partial charge in [0.1, 0.15) is 11.3 Å². The fourth-order valence-corrected chi connectivity index (χ4v) is 3.26. The van der Waals surface area contributed by atoms with E-state index in [0.717, 1.165) is 30.3 Å². The number of anilines is 2. The third-order valence-electron chi connectivity index (χ3n) is 4.95. The Bertz CT molecular complexity index is 1260. The van der Waals surface area contributed by atoms with Gasteiger partial charge in [0.15, 0.2) is 0 Å². The Labute approximate surface area is 214 Å². The van der Waals surface area contributed by atoms with Crippen molar-refractivity contribution in [2.24, 2.45) is 0 Å². The average molecular weight is 536 g/mol. The number of carbonyl (C=O) groups excluding carboxylic acids is 2. The third-order valence-corrected chi connectivity index (χ3v) is 4.95. The van der Waals surface area contributed by atoms with Crippen LogP contribution >= 0.6 is 0 Å². The van der Waals surface area contributed by atoms with Crippen LogP contribution in [0.25, 0.3) is 6.08 Å². The molecule has 0 fully saturated rings. The van der Waals surface area contributed by atoms with Gasteiger partial charge >= 0.3 is 12.4 Å². The number of hydrogen-bond acceptors (Lipinski definition) is 3. The molecule has 0 spiro atoms. The molecule has 5 nitrogen and oxygen atoms in total. The highest BCUT2D eigenvalue weighted by Crippen LogP contribution is 2.32. The van der Waals surface area contributed by atoms with Crippen LogP contribution < -0.4 is 15.4 Å². The Morgan fingerprint density at radius 1 is 0.737 bits per heavy atom. The van der Waals surface area contributed by atoms with E-state index >= 15 is 0 Å². The molecule has 0 saturated carbocycles. The summed E-state index contributed by atoms with van der Waals surface area (Å²) in [5.41, 5.74) is -2.71. The van der Waals surface area contributed by atoms with Crippen LogP contribution in [0, 0.1) is 0 Å². The lowest BCUT2D eigenvalue weighted by atomic mass is 10.1. The number of benzene rings is 3. The smallest absolute Gasteiger partial charge is 0.416 e. The molecule has 0 atom stereocenters. The molecule has 0 aromatic heterocycles. The zero-order chi connectivity index (χ0) is 28.1. The predicted octanol–water partition coefficient (Wildman–Crippen LogP) is 7.17. The number of ether oxygens (including phenoxy) is 1. The lowest BCUT2D eigenvalue weighted by Gasteiger charge is -2.13. The molecule has 3 rings (SSSR count). The minimum Gasteiger partial charge on any atom is -0.491 e. The molecular weight excluding hydrogens is 514 g/mol. The summed E-state index contributed by atoms with van der Waals surface area (Å²) >= 11 is 0. The van der Waals surface area contributed by atoms with Gasteiger partial charge in [-0.25, -0.2) is 0 Å². The maximum atomic E-state index is 13.1. The number of carbonyl (C=O) groups is 2. The van der Waals surface area contributed by atoms with Crippen LogP contribution in [0.4, 0.5) is 37.7 Å². The molecule has 3 aromatic carbocycles. The van der Waals surface area contributed by atoms with Crippen molar-refractivity contribution < 1.29 is 40.7 Å². The van der Waals surface area contributed by atoms with Crippen molar-refractivity contribution in [2.45, 2.75) is 32.3 Å². The van der Waals surface area contributed by atoms with Crippen molar-refractivity contribution in [1.82, 2.24) is 0 Å². The maximum Gasteiger partial charge on any atom is 0.416 e. The monoisotopic (exact) mass is 536 g/mol. The van der Waals surface area contributed by atoms with Gasteiger partial charge in [-0.15, -0.1) is 0 Å². The number of alkyl halides is 6. The fourth-order valence-electron chi connectivity index (χ4n) is 3.26. The van der Waals surface area contributed by atoms with E-state index < -0.39 is 40.9 Å². The summed E-state index contributed by atoms with van der Waals surface area (Å²) in [6, 6.07) is 13.8. The van der Waals surface area contributed by atoms with Crippen molar-refractivity contribution >= 4 is 29.3 Å². The molecule has 0 aliphatic carbocycles. The second-order valence-corrected chi connectivity index (χ2v) is 8.36. The highest BCUT2D eigenvalue weighted by atomic mass is 19.4. The minimum absolute atomic E-state index is 0.108. The molecule has 0 saturated heterocycles. The van der Waals surface area contributed by atoms with E-state index in [1.54, 1.807) is 12.1 Å². The number of amides is 2. The van der Waals surface area contributed by atoms with Crippen molar-refractivity contribution in [2.75, 3.05) is 10.6 Å². The summed E-state index contributed by atoms with van der Waals surface area (Å²) < 4.78 is 84.0. The Kier molecular flexibility index (Phi) is 8.49. The van der Waals surface area contributed by atoms with E-state index in [0.29, 0.717) is 23.4 Å². The minimum atomic E-state index is -4.67. The first-order valence-electron chi connectivity index (χ1n) is 11.2. The van der Waals surface area contributed by atoms with Gasteiger partial charge in [-0.3, -0.25) is 9.59 Å². The van der Waals surface area contributed by atoms with E-state index in [1.165, 1.54) is 24.3 Å². The molecule has 3 aromatic rings. The lowest BCUT2D eigenvalue weighted by Crippen LogP contribution is -2.25. The number of hydrogen-bond donors (Lipinski definition) is 2. The van der Waals surface area contributed by atoms with E-state index in [1.807, 2.05) is 13.8 Å². The van der Waals surface area contributed by atoms with Crippen LogP contribution in [0.2, 0.25) is 0 Å². The van der Waals surface area contributed by atoms with E-state index in [2.05, 4.69) is 10.6 Å². The number of rotatable bonds is 7. The Morgan fingerprint density at radius 3 is 1.58 bits per heavy atom. The molecule has 0 aliphatic heterocycles. The molecule has 0 radical (unpaired) electrons. The Morgan fingerprint density at radius 2 is 1.18 bits per heavy atom. The molecule has 2 amide bonds. The largest absolute Gasteiger partial charge is 0.491 e. The zero-order valence-corrected chi connectivity index (χ0v) is 20.1. The van der Waals surface area contributed by atoms with Crippen LogP contribution in [-0.4, -0.2) is 17.9 Å². The van der Waals surface area contributed by atoms with Crippen LogP contribution in [0.1, 0.15) is 30.5 Å². The van der Waals surface area contributed by atoms with E-state index in [-0.39, 0.29) is 17.5 Å². The molecule has 0 heterocycles. The van der Waals surface area contributed by atoms with Crippen LogP contribution in [0.5, 0.6) is 5.75 Å². The van der Waals surface area contributed by atoms with Crippen molar-refractivity contribution in [3.05, 3.63) is 95.1 Å². The third kappa shape index (κ3) is 7.86. The summed E-state index contributed by atoms with van der Waals surface area (Å²) in [7, 11) is 0. The van der Waals surface area contributed by atoms with Gasteiger partial charge in [0.25, 0.3) is 11.8 Å². The first-order valence-corrected chi connectivity index (χ1v) is 11.2. The number of halogens is 6. The first kappa shape index (κ1) is 28.3. The van der Waals surface area contributed by atoms with Crippen molar-refractivity contribution in [3.63, 3.8) is 0 Å². The van der Waals surface area contributed by atoms with Gasteiger partial charge in [0.2, 0.25) is 0 Å². The highest BCUT2D eigenvalue weighted by molar-refractivity contribution is 6.28. The summed E-state index contributed by atoms with van der Waals surface area (Å²) in [6.07, 6.45) is -8.28. The molecule has 11 heteroatoms. The fraction of sp³-hybridized carbons (Fsp3) is 0.185. The molecular formula is C27H22F6N2O3. The average Bonchev–Trinajstić information content (AvgIpc) is 2.82. The zero-order valence-electron chi connectivity index (χ0n) is 20.1. The van der Waals surface area contributed by atoms with Gasteiger partial charge in [0, 0.05) is 11.4 Å². The molecule has 2 N–H and O–H groups in total.